The summed E-state index contributed by atoms with van der Waals surface area (Å²) in [5, 5.41) is 2.54. The number of halogens is 5. The smallest absolute Gasteiger partial charge is 0.444 e. The van der Waals surface area contributed by atoms with Gasteiger partial charge in [-0.3, -0.25) is 4.79 Å². The predicted molar refractivity (Wildman–Crippen MR) is 96.8 cm³/mol. The number of rotatable bonds is 6. The fraction of sp³-hybridized carbons (Fsp3) is 0.529. The Morgan fingerprint density at radius 2 is 1.67 bits per heavy atom. The maximum absolute atomic E-state index is 12.4. The Labute approximate surface area is 165 Å². The number of carbonyl (C=O) groups excluding carboxylic acids is 2. The largest absolute Gasteiger partial charge is 0.471 e. The summed E-state index contributed by atoms with van der Waals surface area (Å²) in [6, 6.07) is 4.78. The zero-order chi connectivity index (χ0) is 20.8. The molecule has 0 bridgehead atoms. The maximum Gasteiger partial charge on any atom is 0.471 e. The highest BCUT2D eigenvalue weighted by Crippen LogP contribution is 2.21. The van der Waals surface area contributed by atoms with E-state index in [9.17, 15) is 22.8 Å². The molecule has 1 rings (SSSR count). The zero-order valence-electron chi connectivity index (χ0n) is 15.1. The van der Waals surface area contributed by atoms with E-state index in [1.165, 1.54) is 11.0 Å². The van der Waals surface area contributed by atoms with Crippen LogP contribution in [-0.4, -0.2) is 41.8 Å². The molecule has 0 saturated heterocycles. The summed E-state index contributed by atoms with van der Waals surface area (Å²) in [4.78, 5) is 24.5. The van der Waals surface area contributed by atoms with Crippen molar-refractivity contribution in [2.24, 2.45) is 0 Å². The van der Waals surface area contributed by atoms with Crippen molar-refractivity contribution in [2.45, 2.75) is 45.5 Å². The summed E-state index contributed by atoms with van der Waals surface area (Å²) in [5.74, 6) is -2.02. The fourth-order valence-corrected chi connectivity index (χ4v) is 2.63. The Hall–Kier alpha value is -1.67. The van der Waals surface area contributed by atoms with E-state index in [2.05, 4.69) is 0 Å². The minimum absolute atomic E-state index is 0.0666. The number of hydrogen-bond donors (Lipinski definition) is 1. The first-order valence-electron chi connectivity index (χ1n) is 8.06. The highest BCUT2D eigenvalue weighted by atomic mass is 35.5. The van der Waals surface area contributed by atoms with Crippen LogP contribution in [0.3, 0.4) is 0 Å². The zero-order valence-corrected chi connectivity index (χ0v) is 16.6. The molecule has 1 aromatic carbocycles. The molecule has 152 valence electrons. The second-order valence-corrected chi connectivity index (χ2v) is 7.66. The van der Waals surface area contributed by atoms with E-state index in [1.807, 2.05) is 0 Å². The van der Waals surface area contributed by atoms with Crippen LogP contribution < -0.4 is 5.32 Å². The summed E-state index contributed by atoms with van der Waals surface area (Å²) >= 11 is 11.9. The van der Waals surface area contributed by atoms with Crippen molar-refractivity contribution in [3.8, 4) is 0 Å². The van der Waals surface area contributed by atoms with Crippen LogP contribution in [0, 0.1) is 0 Å². The van der Waals surface area contributed by atoms with Crippen molar-refractivity contribution < 1.29 is 27.5 Å². The summed E-state index contributed by atoms with van der Waals surface area (Å²) in [7, 11) is 0. The Balaban J connectivity index is 2.76. The molecule has 27 heavy (non-hydrogen) atoms. The van der Waals surface area contributed by atoms with E-state index in [4.69, 9.17) is 27.9 Å². The molecule has 0 atom stereocenters. The summed E-state index contributed by atoms with van der Waals surface area (Å²) in [6.07, 6.45) is -5.47. The van der Waals surface area contributed by atoms with Gasteiger partial charge in [-0.15, -0.1) is 0 Å². The SMILES string of the molecule is CC(C)(C)OC(=O)N(CCCNC(=O)C(F)(F)F)Cc1cc(Cl)cc(Cl)c1. The first kappa shape index (κ1) is 23.4. The molecule has 0 spiro atoms. The van der Waals surface area contributed by atoms with E-state index >= 15 is 0 Å². The van der Waals surface area contributed by atoms with Crippen LogP contribution in [0.1, 0.15) is 32.8 Å². The van der Waals surface area contributed by atoms with Crippen molar-refractivity contribution in [3.63, 3.8) is 0 Å². The Kier molecular flexibility index (Phi) is 8.23. The van der Waals surface area contributed by atoms with Gasteiger partial charge in [0.25, 0.3) is 0 Å². The molecule has 2 amide bonds. The molecule has 0 aromatic heterocycles. The Morgan fingerprint density at radius 3 is 2.15 bits per heavy atom. The second-order valence-electron chi connectivity index (χ2n) is 6.79. The normalized spacial score (nSPS) is 11.9. The summed E-state index contributed by atoms with van der Waals surface area (Å²) in [6.45, 7) is 5.02. The molecule has 0 radical (unpaired) electrons. The molecule has 0 heterocycles. The van der Waals surface area contributed by atoms with Crippen LogP contribution in [0.15, 0.2) is 18.2 Å². The summed E-state index contributed by atoms with van der Waals surface area (Å²) in [5.41, 5.74) is -0.107. The van der Waals surface area contributed by atoms with Gasteiger partial charge in [0, 0.05) is 29.7 Å². The number of alkyl halides is 3. The molecule has 0 aliphatic heterocycles. The molecule has 0 fully saturated rings. The van der Waals surface area contributed by atoms with Crippen molar-refractivity contribution in [1.82, 2.24) is 10.2 Å². The van der Waals surface area contributed by atoms with Gasteiger partial charge in [-0.2, -0.15) is 13.2 Å². The molecule has 0 aliphatic rings. The van der Waals surface area contributed by atoms with Crippen molar-refractivity contribution in [1.29, 1.82) is 0 Å². The van der Waals surface area contributed by atoms with Gasteiger partial charge < -0.3 is 15.0 Å². The molecule has 1 N–H and O–H groups in total. The lowest BCUT2D eigenvalue weighted by atomic mass is 10.2. The lowest BCUT2D eigenvalue weighted by Crippen LogP contribution is -2.40. The van der Waals surface area contributed by atoms with Gasteiger partial charge in [-0.25, -0.2) is 4.79 Å². The molecular formula is C17H21Cl2F3N2O3. The number of benzene rings is 1. The molecule has 0 aliphatic carbocycles. The first-order chi connectivity index (χ1) is 12.3. The van der Waals surface area contributed by atoms with E-state index in [0.717, 1.165) is 0 Å². The molecule has 0 unspecified atom stereocenters. The van der Waals surface area contributed by atoms with Gasteiger partial charge in [0.15, 0.2) is 0 Å². The van der Waals surface area contributed by atoms with Gasteiger partial charge in [0.05, 0.1) is 0 Å². The molecular weight excluding hydrogens is 408 g/mol. The van der Waals surface area contributed by atoms with Crippen LogP contribution in [0.5, 0.6) is 0 Å². The number of hydrogen-bond acceptors (Lipinski definition) is 3. The van der Waals surface area contributed by atoms with Crippen LogP contribution in [0.4, 0.5) is 18.0 Å². The third-order valence-electron chi connectivity index (χ3n) is 3.10. The summed E-state index contributed by atoms with van der Waals surface area (Å²) < 4.78 is 41.9. The lowest BCUT2D eigenvalue weighted by molar-refractivity contribution is -0.173. The monoisotopic (exact) mass is 428 g/mol. The third-order valence-corrected chi connectivity index (χ3v) is 3.53. The minimum atomic E-state index is -4.94. The second kappa shape index (κ2) is 9.50. The Bertz CT molecular complexity index is 656. The first-order valence-corrected chi connectivity index (χ1v) is 8.81. The highest BCUT2D eigenvalue weighted by Gasteiger charge is 2.38. The standard InChI is InChI=1S/C17H21Cl2F3N2O3/c1-16(2,3)27-15(26)24(6-4-5-23-14(25)17(20,21)22)10-11-7-12(18)9-13(19)8-11/h7-9H,4-6,10H2,1-3H3,(H,23,25). The minimum Gasteiger partial charge on any atom is -0.444 e. The number of nitrogens with one attached hydrogen (secondary N) is 1. The fourth-order valence-electron chi connectivity index (χ4n) is 2.06. The number of nitrogens with zero attached hydrogens (tertiary/aromatic N) is 1. The van der Waals surface area contributed by atoms with Gasteiger partial charge in [-0.05, 0) is 51.0 Å². The van der Waals surface area contributed by atoms with Crippen LogP contribution in [0.25, 0.3) is 0 Å². The average molecular weight is 429 g/mol. The van der Waals surface area contributed by atoms with E-state index in [-0.39, 0.29) is 26.1 Å². The topological polar surface area (TPSA) is 58.6 Å². The number of ether oxygens (including phenoxy) is 1. The Morgan fingerprint density at radius 1 is 1.11 bits per heavy atom. The predicted octanol–water partition coefficient (Wildman–Crippen LogP) is 4.80. The highest BCUT2D eigenvalue weighted by molar-refractivity contribution is 6.34. The molecule has 10 heteroatoms. The molecule has 1 aromatic rings. The van der Waals surface area contributed by atoms with Crippen molar-refractivity contribution in [2.75, 3.05) is 13.1 Å². The lowest BCUT2D eigenvalue weighted by Gasteiger charge is -2.27. The quantitative estimate of drug-likeness (QED) is 0.661. The van der Waals surface area contributed by atoms with E-state index in [0.29, 0.717) is 15.6 Å². The van der Waals surface area contributed by atoms with Gasteiger partial charge >= 0.3 is 18.2 Å². The van der Waals surface area contributed by atoms with Crippen LogP contribution in [0.2, 0.25) is 10.0 Å². The van der Waals surface area contributed by atoms with E-state index in [1.54, 1.807) is 38.2 Å². The van der Waals surface area contributed by atoms with Crippen molar-refractivity contribution >= 4 is 35.2 Å². The van der Waals surface area contributed by atoms with Gasteiger partial charge in [0.1, 0.15) is 5.60 Å². The van der Waals surface area contributed by atoms with E-state index < -0.39 is 23.8 Å². The number of carbonyl (C=O) groups is 2. The van der Waals surface area contributed by atoms with Gasteiger partial charge in [-0.1, -0.05) is 23.2 Å². The maximum atomic E-state index is 12.4. The third kappa shape index (κ3) is 9.19. The molecule has 0 saturated carbocycles. The molecule has 5 nitrogen and oxygen atoms in total. The number of amides is 2. The van der Waals surface area contributed by atoms with Crippen LogP contribution >= 0.6 is 23.2 Å². The van der Waals surface area contributed by atoms with Crippen molar-refractivity contribution in [3.05, 3.63) is 33.8 Å². The van der Waals surface area contributed by atoms with Crippen LogP contribution in [-0.2, 0) is 16.1 Å². The average Bonchev–Trinajstić information content (AvgIpc) is 2.46. The van der Waals surface area contributed by atoms with Gasteiger partial charge in [0.2, 0.25) is 0 Å².